The van der Waals surface area contributed by atoms with Gasteiger partial charge in [0.1, 0.15) is 0 Å². The number of rotatable bonds is 4. The second kappa shape index (κ2) is 4.92. The van der Waals surface area contributed by atoms with Crippen LogP contribution in [0.2, 0.25) is 0 Å². The predicted molar refractivity (Wildman–Crippen MR) is 54.9 cm³/mol. The molecule has 0 amide bonds. The van der Waals surface area contributed by atoms with Gasteiger partial charge in [-0.15, -0.1) is 0 Å². The van der Waals surface area contributed by atoms with Crippen molar-refractivity contribution >= 4 is 5.97 Å². The first-order valence-electron chi connectivity index (χ1n) is 5.14. The number of carbonyl (C=O) groups is 1. The van der Waals surface area contributed by atoms with Gasteiger partial charge in [-0.1, -0.05) is 0 Å². The molecule has 1 aliphatic rings. The summed E-state index contributed by atoms with van der Waals surface area (Å²) in [5, 5.41) is 11.9. The van der Waals surface area contributed by atoms with Crippen LogP contribution in [0.4, 0.5) is 0 Å². The van der Waals surface area contributed by atoms with E-state index >= 15 is 0 Å². The lowest BCUT2D eigenvalue weighted by Gasteiger charge is -2.36. The number of carboxylic acids is 1. The molecule has 2 atom stereocenters. The smallest absolute Gasteiger partial charge is 0.332 e. The summed E-state index contributed by atoms with van der Waals surface area (Å²) in [6, 6.07) is 0. The highest BCUT2D eigenvalue weighted by molar-refractivity contribution is 5.71. The monoisotopic (exact) mass is 217 g/mol. The highest BCUT2D eigenvalue weighted by Crippen LogP contribution is 2.15. The van der Waals surface area contributed by atoms with Crippen molar-refractivity contribution in [2.75, 3.05) is 19.7 Å². The summed E-state index contributed by atoms with van der Waals surface area (Å²) in [4.78, 5) is 10.5. The molecule has 0 bridgehead atoms. The van der Waals surface area contributed by atoms with Gasteiger partial charge in [0, 0.05) is 13.1 Å². The summed E-state index contributed by atoms with van der Waals surface area (Å²) in [6.07, 6.45) is -0.853. The lowest BCUT2D eigenvalue weighted by molar-refractivity contribution is -0.158. The van der Waals surface area contributed by atoms with Crippen molar-refractivity contribution in [3.05, 3.63) is 0 Å². The predicted octanol–water partition coefficient (Wildman–Crippen LogP) is 0.243. The van der Waals surface area contributed by atoms with E-state index in [1.807, 2.05) is 13.8 Å². The normalized spacial score (nSPS) is 27.3. The maximum absolute atomic E-state index is 10.5. The van der Waals surface area contributed by atoms with Gasteiger partial charge in [-0.05, 0) is 20.8 Å². The van der Waals surface area contributed by atoms with Gasteiger partial charge in [0.2, 0.25) is 0 Å². The summed E-state index contributed by atoms with van der Waals surface area (Å²) < 4.78 is 10.9. The Morgan fingerprint density at radius 1 is 1.73 bits per heavy atom. The fourth-order valence-corrected chi connectivity index (χ4v) is 1.48. The van der Waals surface area contributed by atoms with Crippen LogP contribution in [0.5, 0.6) is 0 Å². The lowest BCUT2D eigenvalue weighted by Crippen LogP contribution is -2.52. The molecule has 1 fully saturated rings. The zero-order chi connectivity index (χ0) is 11.5. The second-order valence-corrected chi connectivity index (χ2v) is 4.44. The largest absolute Gasteiger partial charge is 0.479 e. The molecular weight excluding hydrogens is 198 g/mol. The number of hydrogen-bond acceptors (Lipinski definition) is 4. The van der Waals surface area contributed by atoms with E-state index in [1.54, 1.807) is 0 Å². The molecule has 2 unspecified atom stereocenters. The van der Waals surface area contributed by atoms with E-state index < -0.39 is 12.1 Å². The Bertz CT molecular complexity index is 229. The van der Waals surface area contributed by atoms with Crippen LogP contribution >= 0.6 is 0 Å². The minimum Gasteiger partial charge on any atom is -0.479 e. The highest BCUT2D eigenvalue weighted by Gasteiger charge is 2.29. The van der Waals surface area contributed by atoms with Crippen molar-refractivity contribution in [2.24, 2.45) is 0 Å². The molecule has 0 aliphatic carbocycles. The molecule has 1 heterocycles. The first-order valence-corrected chi connectivity index (χ1v) is 5.14. The Hall–Kier alpha value is -0.650. The molecule has 0 spiro atoms. The maximum Gasteiger partial charge on any atom is 0.332 e. The minimum absolute atomic E-state index is 0.0736. The fraction of sp³-hybridized carbons (Fsp3) is 0.900. The Morgan fingerprint density at radius 3 is 2.93 bits per heavy atom. The Labute approximate surface area is 89.8 Å². The van der Waals surface area contributed by atoms with Crippen LogP contribution < -0.4 is 5.32 Å². The Balaban J connectivity index is 2.30. The van der Waals surface area contributed by atoms with Crippen molar-refractivity contribution in [2.45, 2.75) is 38.6 Å². The molecule has 5 heteroatoms. The van der Waals surface area contributed by atoms with Gasteiger partial charge in [0.05, 0.1) is 18.3 Å². The molecule has 1 rings (SSSR count). The molecule has 1 saturated heterocycles. The summed E-state index contributed by atoms with van der Waals surface area (Å²) >= 11 is 0. The van der Waals surface area contributed by atoms with Crippen LogP contribution in [0.1, 0.15) is 20.8 Å². The Morgan fingerprint density at radius 2 is 2.40 bits per heavy atom. The summed E-state index contributed by atoms with van der Waals surface area (Å²) in [6.45, 7) is 7.32. The quantitative estimate of drug-likeness (QED) is 0.706. The SMILES string of the molecule is CC(OCC1CNCC(C)(C)O1)C(=O)O. The van der Waals surface area contributed by atoms with Crippen LogP contribution in [0.25, 0.3) is 0 Å². The van der Waals surface area contributed by atoms with Crippen LogP contribution in [-0.4, -0.2) is 48.6 Å². The standard InChI is InChI=1S/C10H19NO4/c1-7(9(12)13)14-5-8-4-11-6-10(2,3)15-8/h7-8,11H,4-6H2,1-3H3,(H,12,13). The van der Waals surface area contributed by atoms with Crippen molar-refractivity contribution in [3.63, 3.8) is 0 Å². The second-order valence-electron chi connectivity index (χ2n) is 4.44. The van der Waals surface area contributed by atoms with Gasteiger partial charge in [0.25, 0.3) is 0 Å². The third kappa shape index (κ3) is 4.15. The van der Waals surface area contributed by atoms with Crippen LogP contribution in [-0.2, 0) is 14.3 Å². The number of nitrogens with one attached hydrogen (secondary N) is 1. The summed E-state index contributed by atoms with van der Waals surface area (Å²) in [7, 11) is 0. The Kier molecular flexibility index (Phi) is 4.07. The average molecular weight is 217 g/mol. The molecule has 0 aromatic heterocycles. The van der Waals surface area contributed by atoms with Crippen LogP contribution in [0.3, 0.4) is 0 Å². The van der Waals surface area contributed by atoms with Crippen molar-refractivity contribution in [1.29, 1.82) is 0 Å². The third-order valence-electron chi connectivity index (χ3n) is 2.29. The van der Waals surface area contributed by atoms with E-state index in [1.165, 1.54) is 6.92 Å². The van der Waals surface area contributed by atoms with Crippen LogP contribution in [0.15, 0.2) is 0 Å². The summed E-state index contributed by atoms with van der Waals surface area (Å²) in [5.74, 6) is -0.946. The molecule has 88 valence electrons. The molecule has 5 nitrogen and oxygen atoms in total. The van der Waals surface area contributed by atoms with Crippen molar-refractivity contribution < 1.29 is 19.4 Å². The zero-order valence-electron chi connectivity index (χ0n) is 9.45. The first kappa shape index (κ1) is 12.4. The van der Waals surface area contributed by atoms with E-state index in [9.17, 15) is 4.79 Å². The lowest BCUT2D eigenvalue weighted by atomic mass is 10.1. The highest BCUT2D eigenvalue weighted by atomic mass is 16.6. The summed E-state index contributed by atoms with van der Waals surface area (Å²) in [5.41, 5.74) is -0.210. The number of ether oxygens (including phenoxy) is 2. The molecule has 2 N–H and O–H groups in total. The molecule has 0 saturated carbocycles. The molecule has 1 aliphatic heterocycles. The van der Waals surface area contributed by atoms with Gasteiger partial charge >= 0.3 is 5.97 Å². The van der Waals surface area contributed by atoms with E-state index in [-0.39, 0.29) is 11.7 Å². The zero-order valence-corrected chi connectivity index (χ0v) is 9.45. The van der Waals surface area contributed by atoms with E-state index in [0.29, 0.717) is 13.2 Å². The van der Waals surface area contributed by atoms with Gasteiger partial charge in [-0.2, -0.15) is 0 Å². The number of aliphatic carboxylic acids is 1. The molecular formula is C10H19NO4. The number of hydrogen-bond donors (Lipinski definition) is 2. The van der Waals surface area contributed by atoms with Crippen molar-refractivity contribution in [1.82, 2.24) is 5.32 Å². The first-order chi connectivity index (χ1) is 6.91. The molecule has 0 aromatic carbocycles. The van der Waals surface area contributed by atoms with E-state index in [4.69, 9.17) is 14.6 Å². The number of morpholine rings is 1. The average Bonchev–Trinajstić information content (AvgIpc) is 2.12. The van der Waals surface area contributed by atoms with Gasteiger partial charge in [-0.25, -0.2) is 4.79 Å². The van der Waals surface area contributed by atoms with Gasteiger partial charge < -0.3 is 19.9 Å². The molecule has 0 aromatic rings. The maximum atomic E-state index is 10.5. The topological polar surface area (TPSA) is 67.8 Å². The van der Waals surface area contributed by atoms with Gasteiger partial charge in [-0.3, -0.25) is 0 Å². The van der Waals surface area contributed by atoms with Crippen LogP contribution in [0, 0.1) is 0 Å². The van der Waals surface area contributed by atoms with Gasteiger partial charge in [0.15, 0.2) is 6.10 Å². The minimum atomic E-state index is -0.946. The van der Waals surface area contributed by atoms with Crippen molar-refractivity contribution in [3.8, 4) is 0 Å². The molecule has 0 radical (unpaired) electrons. The fourth-order valence-electron chi connectivity index (χ4n) is 1.48. The third-order valence-corrected chi connectivity index (χ3v) is 2.29. The molecule has 15 heavy (non-hydrogen) atoms. The van der Waals surface area contributed by atoms with E-state index in [2.05, 4.69) is 5.32 Å². The number of carboxylic acid groups (broad SMARTS) is 1. The van der Waals surface area contributed by atoms with E-state index in [0.717, 1.165) is 6.54 Å².